The minimum atomic E-state index is -0.574. The maximum absolute atomic E-state index is 13.9. The largest absolute Gasteiger partial charge is 0.404 e. The van der Waals surface area contributed by atoms with Gasteiger partial charge in [0.15, 0.2) is 0 Å². The first-order valence-corrected chi connectivity index (χ1v) is 14.7. The molecule has 3 saturated heterocycles. The van der Waals surface area contributed by atoms with Crippen LogP contribution in [0.3, 0.4) is 0 Å². The summed E-state index contributed by atoms with van der Waals surface area (Å²) in [5.74, 6) is 0.440. The molecule has 6 rings (SSSR count). The van der Waals surface area contributed by atoms with Crippen LogP contribution in [0.1, 0.15) is 67.6 Å². The van der Waals surface area contributed by atoms with Crippen molar-refractivity contribution in [2.75, 3.05) is 37.7 Å². The predicted octanol–water partition coefficient (Wildman–Crippen LogP) is 4.48. The van der Waals surface area contributed by atoms with E-state index in [-0.39, 0.29) is 22.5 Å². The van der Waals surface area contributed by atoms with E-state index >= 15 is 0 Å². The fourth-order valence-electron chi connectivity index (χ4n) is 7.00. The zero-order valence-electron chi connectivity index (χ0n) is 22.4. The summed E-state index contributed by atoms with van der Waals surface area (Å²) in [4.78, 5) is 38.8. The molecule has 3 aromatic rings. The van der Waals surface area contributed by atoms with Crippen molar-refractivity contribution < 1.29 is 14.1 Å². The Morgan fingerprint density at radius 1 is 1.18 bits per heavy atom. The lowest BCUT2D eigenvalue weighted by atomic mass is 9.70. The molecule has 200 valence electrons. The molecule has 0 saturated carbocycles. The van der Waals surface area contributed by atoms with Gasteiger partial charge in [-0.2, -0.15) is 0 Å². The molecule has 2 aromatic heterocycles. The first kappa shape index (κ1) is 25.4. The maximum Gasteiger partial charge on any atom is 0.404 e. The molecule has 0 spiro atoms. The zero-order chi connectivity index (χ0) is 26.6. The molecule has 0 radical (unpaired) electrons. The number of nitrogen functional groups attached to an aromatic ring is 1. The van der Waals surface area contributed by atoms with E-state index in [0.717, 1.165) is 55.4 Å². The quantitative estimate of drug-likeness (QED) is 0.379. The Labute approximate surface area is 227 Å². The Morgan fingerprint density at radius 2 is 1.97 bits per heavy atom. The molecule has 9 heteroatoms. The molecule has 4 atom stereocenters. The molecule has 3 fully saturated rings. The van der Waals surface area contributed by atoms with Gasteiger partial charge < -0.3 is 16.0 Å². The highest BCUT2D eigenvalue weighted by Gasteiger charge is 2.66. The van der Waals surface area contributed by atoms with Gasteiger partial charge in [-0.3, -0.25) is 4.79 Å². The molecule has 3 aliphatic heterocycles. The van der Waals surface area contributed by atoms with Gasteiger partial charge in [0, 0.05) is 17.9 Å². The van der Waals surface area contributed by atoms with Gasteiger partial charge in [0.2, 0.25) is 0 Å². The number of aromatic nitrogens is 2. The van der Waals surface area contributed by atoms with Gasteiger partial charge >= 0.3 is 11.8 Å². The van der Waals surface area contributed by atoms with Crippen molar-refractivity contribution in [2.24, 2.45) is 5.92 Å². The number of pyridine rings is 1. The Kier molecular flexibility index (Phi) is 6.48. The smallest absolute Gasteiger partial charge is 0.383 e. The molecule has 2 unspecified atom stereocenters. The van der Waals surface area contributed by atoms with E-state index in [2.05, 4.69) is 47.4 Å². The van der Waals surface area contributed by atoms with Crippen molar-refractivity contribution in [3.63, 3.8) is 0 Å². The summed E-state index contributed by atoms with van der Waals surface area (Å²) in [6, 6.07) is 8.42. The molecule has 3 aliphatic rings. The third-order valence-corrected chi connectivity index (χ3v) is 10.5. The van der Waals surface area contributed by atoms with Crippen molar-refractivity contribution >= 4 is 44.9 Å². The summed E-state index contributed by atoms with van der Waals surface area (Å²) in [5.41, 5.74) is 9.44. The highest BCUT2D eigenvalue weighted by molar-refractivity contribution is 7.18. The van der Waals surface area contributed by atoms with Crippen molar-refractivity contribution in [1.29, 1.82) is 0 Å². The average Bonchev–Trinajstić information content (AvgIpc) is 3.33. The van der Waals surface area contributed by atoms with E-state index in [9.17, 15) is 9.59 Å². The predicted molar refractivity (Wildman–Crippen MR) is 151 cm³/mol. The number of anilines is 2. The average molecular weight is 534 g/mol. The lowest BCUT2D eigenvalue weighted by molar-refractivity contribution is -0.966. The fraction of sp³-hybridized carbons (Fsp3) is 0.517. The number of nitrogens with two attached hydrogens (primary N) is 1. The number of benzene rings is 1. The van der Waals surface area contributed by atoms with Crippen LogP contribution in [-0.2, 0) is 16.0 Å². The number of aryl methyl sites for hydroxylation is 1. The molecular formula is C29H37N6O2S+. The summed E-state index contributed by atoms with van der Waals surface area (Å²) in [7, 11) is 2.18. The van der Waals surface area contributed by atoms with E-state index in [1.54, 1.807) is 0 Å². The third-order valence-electron chi connectivity index (χ3n) is 9.27. The van der Waals surface area contributed by atoms with Gasteiger partial charge in [-0.05, 0) is 76.5 Å². The summed E-state index contributed by atoms with van der Waals surface area (Å²) in [6.45, 7) is 7.05. The topological polar surface area (TPSA) is 101 Å². The van der Waals surface area contributed by atoms with E-state index in [1.807, 2.05) is 24.3 Å². The van der Waals surface area contributed by atoms with Crippen LogP contribution < -0.4 is 11.1 Å². The van der Waals surface area contributed by atoms with E-state index < -0.39 is 5.91 Å². The standard InChI is InChI=1S/C29H36N6O2S/c1-4-18-13-22(15-31-26(18)30)32-27(36)29(37)35-16-21(6-5-17(35)2)25(35)20-7-8-24-23(14-20)33-28(38-24)19-9-11-34(3)12-10-19/h7-8,13-15,17,19,21,25H,4-6,9-12,16H2,1-3H3,(H2-,30,31,32,36,37)/p+1/t17-,21?,25-,35?/m0/s1. The Morgan fingerprint density at radius 3 is 2.71 bits per heavy atom. The number of rotatable bonds is 4. The molecule has 5 heterocycles. The van der Waals surface area contributed by atoms with Gasteiger partial charge in [-0.25, -0.2) is 19.2 Å². The van der Waals surface area contributed by atoms with Crippen LogP contribution in [0.25, 0.3) is 10.2 Å². The van der Waals surface area contributed by atoms with E-state index in [1.165, 1.54) is 15.9 Å². The second-order valence-corrected chi connectivity index (χ2v) is 12.5. The van der Waals surface area contributed by atoms with Crippen LogP contribution in [0.4, 0.5) is 11.5 Å². The molecule has 1 aromatic carbocycles. The van der Waals surface area contributed by atoms with Gasteiger partial charge in [0.1, 0.15) is 11.9 Å². The number of hydrogen-bond donors (Lipinski definition) is 2. The number of likely N-dealkylation sites (tertiary alicyclic amines) is 1. The molecule has 2 bridgehead atoms. The van der Waals surface area contributed by atoms with Crippen LogP contribution in [0, 0.1) is 5.92 Å². The molecule has 38 heavy (non-hydrogen) atoms. The number of carbonyl (C=O) groups is 2. The Hall–Kier alpha value is -2.88. The molecule has 8 nitrogen and oxygen atoms in total. The first-order chi connectivity index (χ1) is 18.3. The van der Waals surface area contributed by atoms with E-state index in [4.69, 9.17) is 10.7 Å². The normalized spacial score (nSPS) is 27.7. The SMILES string of the molecule is CCc1cc(NC(=O)C(=O)[N+]23CC(CC[C@@H]2C)[C@@H]3c2ccc3sc(C4CCN(C)CC4)nc3c2)cnc1N. The lowest BCUT2D eigenvalue weighted by Gasteiger charge is -2.61. The Bertz CT molecular complexity index is 1400. The van der Waals surface area contributed by atoms with Crippen LogP contribution >= 0.6 is 11.3 Å². The number of nitrogens with one attached hydrogen (secondary N) is 1. The minimum absolute atomic E-state index is 0.00868. The number of quaternary nitrogens is 1. The van der Waals surface area contributed by atoms with Gasteiger partial charge in [-0.15, -0.1) is 11.3 Å². The molecule has 3 N–H and O–H groups in total. The van der Waals surface area contributed by atoms with Crippen molar-refractivity contribution in [3.05, 3.63) is 46.6 Å². The van der Waals surface area contributed by atoms with Gasteiger partial charge in [-0.1, -0.05) is 13.0 Å². The van der Waals surface area contributed by atoms with Crippen LogP contribution in [0.15, 0.2) is 30.5 Å². The maximum atomic E-state index is 13.9. The molecular weight excluding hydrogens is 496 g/mol. The number of hydrogen-bond acceptors (Lipinski definition) is 7. The summed E-state index contributed by atoms with van der Waals surface area (Å²) < 4.78 is 1.39. The zero-order valence-corrected chi connectivity index (χ0v) is 23.3. The summed E-state index contributed by atoms with van der Waals surface area (Å²) >= 11 is 1.81. The number of carbonyl (C=O) groups excluding carboxylic acids is 2. The third kappa shape index (κ3) is 4.12. The number of thiazole rings is 1. The fourth-order valence-corrected chi connectivity index (χ4v) is 8.12. The summed E-state index contributed by atoms with van der Waals surface area (Å²) in [5, 5.41) is 4.05. The molecule has 0 aliphatic carbocycles. The van der Waals surface area contributed by atoms with Crippen LogP contribution in [-0.4, -0.2) is 63.9 Å². The van der Waals surface area contributed by atoms with E-state index in [0.29, 0.717) is 36.3 Å². The van der Waals surface area contributed by atoms with Gasteiger partial charge in [0.25, 0.3) is 0 Å². The number of nitrogens with zero attached hydrogens (tertiary/aromatic N) is 4. The van der Waals surface area contributed by atoms with Crippen molar-refractivity contribution in [1.82, 2.24) is 14.9 Å². The second-order valence-electron chi connectivity index (χ2n) is 11.5. The second kappa shape index (κ2) is 9.70. The first-order valence-electron chi connectivity index (χ1n) is 13.9. The van der Waals surface area contributed by atoms with Crippen molar-refractivity contribution in [2.45, 2.75) is 64.0 Å². The monoisotopic (exact) mass is 533 g/mol. The number of fused-ring (bicyclic) bond motifs is 3. The lowest BCUT2D eigenvalue weighted by Crippen LogP contribution is -2.76. The van der Waals surface area contributed by atoms with Crippen LogP contribution in [0.5, 0.6) is 0 Å². The van der Waals surface area contributed by atoms with Crippen molar-refractivity contribution in [3.8, 4) is 0 Å². The highest BCUT2D eigenvalue weighted by Crippen LogP contribution is 2.55. The van der Waals surface area contributed by atoms with Crippen LogP contribution in [0.2, 0.25) is 0 Å². The highest BCUT2D eigenvalue weighted by atomic mass is 32.1. The Balaban J connectivity index is 1.27. The molecule has 2 amide bonds. The number of amides is 2. The number of piperidine rings is 3. The minimum Gasteiger partial charge on any atom is -0.383 e. The van der Waals surface area contributed by atoms with Gasteiger partial charge in [0.05, 0.1) is 45.6 Å². The summed E-state index contributed by atoms with van der Waals surface area (Å²) in [6.07, 6.45) is 6.56.